The molecule has 46 heavy (non-hydrogen) atoms. The Kier molecular flexibility index (Phi) is 14.5. The van der Waals surface area contributed by atoms with Crippen molar-refractivity contribution >= 4 is 29.7 Å². The third-order valence-electron chi connectivity index (χ3n) is 7.86. The van der Waals surface area contributed by atoms with Crippen LogP contribution >= 0.6 is 11.6 Å². The molecule has 2 aromatic carbocycles. The van der Waals surface area contributed by atoms with Crippen LogP contribution in [0.1, 0.15) is 93.8 Å². The van der Waals surface area contributed by atoms with Crippen LogP contribution in [-0.2, 0) is 14.2 Å². The maximum absolute atomic E-state index is 13.7. The van der Waals surface area contributed by atoms with Crippen molar-refractivity contribution in [1.82, 2.24) is 15.5 Å². The van der Waals surface area contributed by atoms with Crippen LogP contribution in [0.2, 0.25) is 5.02 Å². The van der Waals surface area contributed by atoms with E-state index >= 15 is 0 Å². The maximum Gasteiger partial charge on any atom is 0.410 e. The zero-order valence-electron chi connectivity index (χ0n) is 28.0. The number of carbonyl (C=O) groups excluding carboxylic acids is 3. The Balaban J connectivity index is 1.86. The largest absolute Gasteiger partial charge is 0.494 e. The lowest BCUT2D eigenvalue weighted by molar-refractivity contribution is 0.0193. The fourth-order valence-electron chi connectivity index (χ4n) is 5.59. The van der Waals surface area contributed by atoms with Gasteiger partial charge < -0.3 is 34.5 Å². The zero-order valence-corrected chi connectivity index (χ0v) is 28.8. The fraction of sp³-hybridized carbons (Fsp3) is 0.571. The molecule has 2 aromatic rings. The number of rotatable bonds is 14. The highest BCUT2D eigenvalue weighted by Gasteiger charge is 2.29. The van der Waals surface area contributed by atoms with Crippen molar-refractivity contribution in [3.63, 3.8) is 0 Å². The minimum Gasteiger partial charge on any atom is -0.494 e. The van der Waals surface area contributed by atoms with E-state index in [0.29, 0.717) is 34.4 Å². The van der Waals surface area contributed by atoms with Crippen LogP contribution in [0.3, 0.4) is 0 Å². The highest BCUT2D eigenvalue weighted by molar-refractivity contribution is 6.30. The highest BCUT2D eigenvalue weighted by atomic mass is 35.5. The zero-order chi connectivity index (χ0) is 33.7. The van der Waals surface area contributed by atoms with Crippen LogP contribution in [-0.4, -0.2) is 75.1 Å². The summed E-state index contributed by atoms with van der Waals surface area (Å²) in [6, 6.07) is 12.4. The molecule has 3 amide bonds. The molecule has 0 aliphatic heterocycles. The van der Waals surface area contributed by atoms with E-state index in [1.54, 1.807) is 36.2 Å². The van der Waals surface area contributed by atoms with Crippen molar-refractivity contribution in [2.24, 2.45) is 5.92 Å². The summed E-state index contributed by atoms with van der Waals surface area (Å²) in [7, 11) is 3.04. The van der Waals surface area contributed by atoms with E-state index in [0.717, 1.165) is 24.8 Å². The van der Waals surface area contributed by atoms with E-state index in [9.17, 15) is 14.4 Å². The lowest BCUT2D eigenvalue weighted by Gasteiger charge is -2.34. The van der Waals surface area contributed by atoms with Crippen molar-refractivity contribution in [1.29, 1.82) is 0 Å². The first-order valence-electron chi connectivity index (χ1n) is 16.1. The molecule has 1 unspecified atom stereocenters. The average molecular weight is 660 g/mol. The summed E-state index contributed by atoms with van der Waals surface area (Å²) in [5, 5.41) is 6.22. The summed E-state index contributed by atoms with van der Waals surface area (Å²) in [5.41, 5.74) is 1.22. The molecule has 0 spiro atoms. The summed E-state index contributed by atoms with van der Waals surface area (Å²) in [5.74, 6) is 0.696. The highest BCUT2D eigenvalue weighted by Crippen LogP contribution is 2.32. The molecule has 11 heteroatoms. The molecule has 1 saturated carbocycles. The number of alkyl carbamates (subject to hydrolysis) is 1. The van der Waals surface area contributed by atoms with Crippen molar-refractivity contribution in [2.75, 3.05) is 40.5 Å². The maximum atomic E-state index is 13.7. The van der Waals surface area contributed by atoms with Gasteiger partial charge in [-0.05, 0) is 81.5 Å². The van der Waals surface area contributed by atoms with Crippen molar-refractivity contribution in [3.8, 4) is 5.75 Å². The first-order chi connectivity index (χ1) is 21.9. The average Bonchev–Trinajstić information content (AvgIpc) is 3.02. The summed E-state index contributed by atoms with van der Waals surface area (Å²) in [6.07, 6.45) is 5.04. The predicted octanol–water partition coefficient (Wildman–Crippen LogP) is 7.14. The topological polar surface area (TPSA) is 115 Å². The monoisotopic (exact) mass is 659 g/mol. The van der Waals surface area contributed by atoms with Crippen molar-refractivity contribution < 1.29 is 33.3 Å². The van der Waals surface area contributed by atoms with Crippen LogP contribution in [0.4, 0.5) is 9.59 Å². The van der Waals surface area contributed by atoms with E-state index in [-0.39, 0.29) is 31.6 Å². The molecular formula is C35H50ClN3O7. The molecule has 1 fully saturated rings. The normalized spacial score (nSPS) is 14.9. The fourth-order valence-corrected chi connectivity index (χ4v) is 5.79. The van der Waals surface area contributed by atoms with Gasteiger partial charge in [-0.1, -0.05) is 55.8 Å². The van der Waals surface area contributed by atoms with Gasteiger partial charge in [0.25, 0.3) is 5.91 Å². The number of hydrogen-bond donors (Lipinski definition) is 2. The molecule has 1 aliphatic carbocycles. The molecule has 2 N–H and O–H groups in total. The lowest BCUT2D eigenvalue weighted by Crippen LogP contribution is -2.47. The number of amides is 3. The van der Waals surface area contributed by atoms with Crippen LogP contribution in [0.25, 0.3) is 0 Å². The second-order valence-electron chi connectivity index (χ2n) is 12.6. The number of hydrogen-bond acceptors (Lipinski definition) is 7. The van der Waals surface area contributed by atoms with Gasteiger partial charge in [-0.3, -0.25) is 4.79 Å². The standard InChI is InChI=1S/C35H50ClN3O7/c1-7-44-30-21-26(31(25-14-11-15-28(36)20-25)45-17-16-37-33(41)43-6)19-27(22-30)32(40)38-23-29(18-24-12-9-8-10-13-24)39(5)34(42)46-35(2,3)4/h11,14-15,19-22,24,29,31H,7-10,12-13,16-18,23H2,1-6H3,(H,37,41)(H,38,40)/t29-,31?/m0/s1. The Labute approximate surface area is 278 Å². The van der Waals surface area contributed by atoms with Gasteiger partial charge in [0, 0.05) is 30.7 Å². The molecule has 0 radical (unpaired) electrons. The van der Waals surface area contributed by atoms with Crippen LogP contribution in [0.15, 0.2) is 42.5 Å². The number of nitrogens with zero attached hydrogens (tertiary/aromatic N) is 1. The van der Waals surface area contributed by atoms with Crippen molar-refractivity contribution in [2.45, 2.75) is 84.0 Å². The predicted molar refractivity (Wildman–Crippen MR) is 179 cm³/mol. The first kappa shape index (κ1) is 37.0. The van der Waals surface area contributed by atoms with Gasteiger partial charge in [-0.15, -0.1) is 0 Å². The lowest BCUT2D eigenvalue weighted by atomic mass is 9.84. The van der Waals surface area contributed by atoms with E-state index in [1.165, 1.54) is 26.4 Å². The third-order valence-corrected chi connectivity index (χ3v) is 8.09. The Bertz CT molecular complexity index is 1290. The third kappa shape index (κ3) is 12.0. The molecule has 0 heterocycles. The van der Waals surface area contributed by atoms with Crippen LogP contribution in [0.5, 0.6) is 5.75 Å². The number of benzene rings is 2. The van der Waals surface area contributed by atoms with E-state index in [2.05, 4.69) is 15.4 Å². The van der Waals surface area contributed by atoms with E-state index < -0.39 is 23.9 Å². The van der Waals surface area contributed by atoms with Gasteiger partial charge in [-0.2, -0.15) is 0 Å². The second kappa shape index (κ2) is 18.0. The Morgan fingerprint density at radius 2 is 1.76 bits per heavy atom. The van der Waals surface area contributed by atoms with Gasteiger partial charge in [0.05, 0.1) is 26.4 Å². The van der Waals surface area contributed by atoms with Crippen LogP contribution in [0, 0.1) is 5.92 Å². The van der Waals surface area contributed by atoms with Crippen molar-refractivity contribution in [3.05, 3.63) is 64.2 Å². The van der Waals surface area contributed by atoms with Gasteiger partial charge >= 0.3 is 12.2 Å². The van der Waals surface area contributed by atoms with Gasteiger partial charge in [0.2, 0.25) is 0 Å². The Morgan fingerprint density at radius 1 is 1.02 bits per heavy atom. The minimum atomic E-state index is -0.628. The first-order valence-corrected chi connectivity index (χ1v) is 16.5. The molecule has 1 aliphatic rings. The van der Waals surface area contributed by atoms with Gasteiger partial charge in [-0.25, -0.2) is 9.59 Å². The SMILES string of the molecule is CCOc1cc(C(=O)NC[C@H](CC2CCCCC2)N(C)C(=O)OC(C)(C)C)cc(C(OCCNC(=O)OC)c2cccc(Cl)c2)c1. The molecule has 3 rings (SSSR count). The molecule has 254 valence electrons. The molecule has 0 bridgehead atoms. The van der Waals surface area contributed by atoms with E-state index in [1.807, 2.05) is 45.9 Å². The Morgan fingerprint density at radius 3 is 2.41 bits per heavy atom. The smallest absolute Gasteiger partial charge is 0.410 e. The minimum absolute atomic E-state index is 0.173. The molecular weight excluding hydrogens is 610 g/mol. The van der Waals surface area contributed by atoms with E-state index in [4.69, 9.17) is 25.8 Å². The molecule has 0 aromatic heterocycles. The number of carbonyl (C=O) groups is 3. The quantitative estimate of drug-likeness (QED) is 0.207. The Hall–Kier alpha value is -3.50. The summed E-state index contributed by atoms with van der Waals surface area (Å²) >= 11 is 6.33. The molecule has 2 atom stereocenters. The number of methoxy groups -OCH3 is 1. The summed E-state index contributed by atoms with van der Waals surface area (Å²) in [6.45, 7) is 8.47. The number of likely N-dealkylation sites (N-methyl/N-ethyl adjacent to an activating group) is 1. The summed E-state index contributed by atoms with van der Waals surface area (Å²) < 4.78 is 22.4. The number of halogens is 1. The second-order valence-corrected chi connectivity index (χ2v) is 13.1. The molecule has 10 nitrogen and oxygen atoms in total. The van der Waals surface area contributed by atoms with Crippen LogP contribution < -0.4 is 15.4 Å². The summed E-state index contributed by atoms with van der Waals surface area (Å²) in [4.78, 5) is 39.9. The number of ether oxygens (including phenoxy) is 4. The van der Waals surface area contributed by atoms with Gasteiger partial charge in [0.1, 0.15) is 17.5 Å². The van der Waals surface area contributed by atoms with Gasteiger partial charge in [0.15, 0.2) is 0 Å². The molecule has 0 saturated heterocycles. The number of nitrogens with one attached hydrogen (secondary N) is 2.